The van der Waals surface area contributed by atoms with Gasteiger partial charge in [0, 0.05) is 42.4 Å². The molecule has 0 amide bonds. The van der Waals surface area contributed by atoms with E-state index in [0.29, 0.717) is 0 Å². The molecule has 4 heavy (non-hydrogen) atoms. The molecule has 0 rings (SSSR count). The number of hydrogen-bond donors (Lipinski definition) is 0. The first-order chi connectivity index (χ1) is 1.00. The van der Waals surface area contributed by atoms with Crippen LogP contribution >= 0.6 is 0 Å². The van der Waals surface area contributed by atoms with Gasteiger partial charge in [-0.05, 0) is 0 Å². The summed E-state index contributed by atoms with van der Waals surface area (Å²) >= 11 is 0.194. The Labute approximate surface area is 69.0 Å². The van der Waals surface area contributed by atoms with E-state index < -0.39 is 0 Å². The molecule has 0 atom stereocenters. The van der Waals surface area contributed by atoms with E-state index in [9.17, 15) is 0 Å². The van der Waals surface area contributed by atoms with Crippen molar-refractivity contribution in [2.45, 2.75) is 0 Å². The minimum Gasteiger partial charge on any atom is 0 e. The quantitative estimate of drug-likeness (QED) is 0.446. The third-order valence-corrected chi connectivity index (χ3v) is 0. The van der Waals surface area contributed by atoms with Crippen LogP contribution in [0.1, 0.15) is 0 Å². The smallest absolute Gasteiger partial charge is 0 e. The molecule has 0 N–H and O–H groups in total. The summed E-state index contributed by atoms with van der Waals surface area (Å²) in [5, 5.41) is 0. The molecule has 0 saturated heterocycles. The first kappa shape index (κ1) is 16.6. The molecule has 0 aliphatic heterocycles. The zero-order valence-corrected chi connectivity index (χ0v) is 9.66. The summed E-state index contributed by atoms with van der Waals surface area (Å²) in [6, 6.07) is 0. The molecule has 0 spiro atoms. The third-order valence-electron chi connectivity index (χ3n) is 0. The van der Waals surface area contributed by atoms with Crippen LogP contribution < -0.4 is 0 Å². The minimum absolute atomic E-state index is 0. The Morgan fingerprint density at radius 3 is 1.25 bits per heavy atom. The van der Waals surface area contributed by atoms with E-state index in [1.54, 1.807) is 0 Å². The van der Waals surface area contributed by atoms with Crippen molar-refractivity contribution in [3.8, 4) is 0 Å². The van der Waals surface area contributed by atoms with Crippen LogP contribution in [-0.2, 0) is 2.81 Å². The fourth-order valence-electron chi connectivity index (χ4n) is 0. The average Bonchev–Trinajstić information content (AvgIpc) is 1.00. The average molecular weight is 422 g/mol. The van der Waals surface area contributed by atoms with E-state index in [0.717, 1.165) is 0 Å². The molecule has 0 fully saturated rings. The van der Waals surface area contributed by atoms with E-state index in [-0.39, 0.29) is 67.1 Å². The second-order valence-corrected chi connectivity index (χ2v) is 0. The Kier molecular flexibility index (Phi) is 81.4. The Morgan fingerprint density at radius 2 is 1.25 bits per heavy atom. The predicted octanol–water partition coefficient (Wildman–Crippen LogP) is -1.26. The van der Waals surface area contributed by atoms with Crippen LogP contribution in [0.15, 0.2) is 0 Å². The van der Waals surface area contributed by atoms with Crippen molar-refractivity contribution in [2.24, 2.45) is 0 Å². The number of rotatable bonds is 0. The Morgan fingerprint density at radius 1 is 1.25 bits per heavy atom. The van der Waals surface area contributed by atoms with Crippen molar-refractivity contribution in [1.82, 2.24) is 0 Å². The van der Waals surface area contributed by atoms with Gasteiger partial charge in [-0.1, -0.05) is 0 Å². The molecular formula is AsBiOSb. The first-order valence-corrected chi connectivity index (χ1v) is 1.60. The predicted molar refractivity (Wildman–Crippen MR) is 17.9 cm³/mol. The van der Waals surface area contributed by atoms with Gasteiger partial charge in [-0.25, -0.2) is 0 Å². The van der Waals surface area contributed by atoms with Gasteiger partial charge in [0.05, 0.1) is 0 Å². The van der Waals surface area contributed by atoms with Gasteiger partial charge in [-0.3, -0.25) is 0 Å². The fraction of sp³-hybridized carbons (Fsp3) is 0. The molecule has 0 aliphatic rings. The van der Waals surface area contributed by atoms with E-state index in [4.69, 9.17) is 2.81 Å². The molecule has 0 saturated carbocycles. The summed E-state index contributed by atoms with van der Waals surface area (Å²) in [7, 11) is 0. The second-order valence-electron chi connectivity index (χ2n) is 0. The first-order valence-electron chi connectivity index (χ1n) is 0.183. The summed E-state index contributed by atoms with van der Waals surface area (Å²) in [6.07, 6.45) is 0. The minimum atomic E-state index is 0. The van der Waals surface area contributed by atoms with E-state index in [2.05, 4.69) is 0 Å². The summed E-state index contributed by atoms with van der Waals surface area (Å²) in [5.74, 6) is 0. The summed E-state index contributed by atoms with van der Waals surface area (Å²) in [5.41, 5.74) is 0. The maximum atomic E-state index is 8.36. The van der Waals surface area contributed by atoms with Crippen molar-refractivity contribution in [3.63, 3.8) is 0 Å². The maximum Gasteiger partial charge on any atom is 0 e. The largest absolute Gasteiger partial charge is 0 e. The van der Waals surface area contributed by atoms with Crippen LogP contribution in [0.25, 0.3) is 0 Å². The van der Waals surface area contributed by atoms with Gasteiger partial charge in [0.1, 0.15) is 0 Å². The van der Waals surface area contributed by atoms with Gasteiger partial charge in [0.15, 0.2) is 0 Å². The molecular weight excluding hydrogens is 422 g/mol. The van der Waals surface area contributed by atoms with Crippen LogP contribution in [-0.4, -0.2) is 67.1 Å². The van der Waals surface area contributed by atoms with Gasteiger partial charge in [0.2, 0.25) is 0 Å². The summed E-state index contributed by atoms with van der Waals surface area (Å²) in [6.45, 7) is 0. The molecule has 4 heteroatoms. The molecule has 0 aromatic rings. The van der Waals surface area contributed by atoms with Crippen molar-refractivity contribution in [2.75, 3.05) is 0 Å². The third kappa shape index (κ3) is 8.96. The van der Waals surface area contributed by atoms with Crippen molar-refractivity contribution < 1.29 is 2.81 Å². The van der Waals surface area contributed by atoms with Gasteiger partial charge in [-0.2, -0.15) is 0 Å². The molecule has 21 valence electrons. The molecule has 1 nitrogen and oxygen atoms in total. The van der Waals surface area contributed by atoms with Crippen LogP contribution in [0.4, 0.5) is 0 Å². The van der Waals surface area contributed by atoms with Crippen LogP contribution in [0, 0.1) is 0 Å². The number of hydrogen-bond acceptors (Lipinski definition) is 1. The van der Waals surface area contributed by atoms with Crippen molar-refractivity contribution >= 4 is 67.1 Å². The Balaban J connectivity index is -0.00000000500. The Bertz CT molecular complexity index is 8.00. The van der Waals surface area contributed by atoms with Crippen molar-refractivity contribution in [1.29, 1.82) is 0 Å². The zero-order chi connectivity index (χ0) is 2.00. The van der Waals surface area contributed by atoms with Gasteiger partial charge in [0.25, 0.3) is 0 Å². The molecule has 0 aromatic heterocycles. The molecule has 0 unspecified atom stereocenters. The van der Waals surface area contributed by atoms with Gasteiger partial charge in [-0.15, -0.1) is 0 Å². The second kappa shape index (κ2) is 19.7. The molecule has 0 bridgehead atoms. The van der Waals surface area contributed by atoms with E-state index in [1.807, 2.05) is 0 Å². The fourth-order valence-corrected chi connectivity index (χ4v) is 0. The summed E-state index contributed by atoms with van der Waals surface area (Å²) in [4.78, 5) is 0. The van der Waals surface area contributed by atoms with Crippen LogP contribution in [0.3, 0.4) is 0 Å². The maximum absolute atomic E-state index is 8.36. The Hall–Kier alpha value is 2.06. The van der Waals surface area contributed by atoms with Gasteiger partial charge >= 0.3 is 27.5 Å². The van der Waals surface area contributed by atoms with E-state index in [1.165, 1.54) is 0 Å². The van der Waals surface area contributed by atoms with Crippen molar-refractivity contribution in [3.05, 3.63) is 0 Å². The SMILES string of the molecule is [As].[O]=[Bi].[Sb]. The zero-order valence-electron chi connectivity index (χ0n) is 1.75. The van der Waals surface area contributed by atoms with E-state index >= 15 is 0 Å². The summed E-state index contributed by atoms with van der Waals surface area (Å²) < 4.78 is 8.36. The van der Waals surface area contributed by atoms with Gasteiger partial charge < -0.3 is 0 Å². The van der Waals surface area contributed by atoms with Crippen LogP contribution in [0.2, 0.25) is 0 Å². The molecule has 0 heterocycles. The molecule has 0 aliphatic carbocycles. The molecule has 7 radical (unpaired) electrons. The topological polar surface area (TPSA) is 17.1 Å². The monoisotopic (exact) mass is 421 g/mol. The normalized spacial score (nSPS) is 1.00. The van der Waals surface area contributed by atoms with Crippen LogP contribution in [0.5, 0.6) is 0 Å². The molecule has 0 aromatic carbocycles. The standard InChI is InChI=1S/As.Bi.O.Sb.